The largest absolute Gasteiger partial charge is 0.494 e. The third-order valence-corrected chi connectivity index (χ3v) is 4.12. The zero-order chi connectivity index (χ0) is 19.4. The molecule has 0 fully saturated rings. The van der Waals surface area contributed by atoms with Crippen molar-refractivity contribution in [3.8, 4) is 5.75 Å². The average molecular weight is 367 g/mol. The van der Waals surface area contributed by atoms with Gasteiger partial charge in [-0.15, -0.1) is 0 Å². The number of carbonyl (C=O) groups is 2. The molecule has 2 aromatic rings. The van der Waals surface area contributed by atoms with Crippen LogP contribution in [0.5, 0.6) is 5.75 Å². The molecule has 0 bridgehead atoms. The summed E-state index contributed by atoms with van der Waals surface area (Å²) in [6.07, 6.45) is 3.07. The number of carbonyl (C=O) groups excluding carboxylic acids is 2. The van der Waals surface area contributed by atoms with Gasteiger partial charge in [0.15, 0.2) is 0 Å². The molecular weight excluding hydrogens is 346 g/mol. The molecule has 0 saturated heterocycles. The summed E-state index contributed by atoms with van der Waals surface area (Å²) in [4.78, 5) is 27.1. The van der Waals surface area contributed by atoms with Crippen molar-refractivity contribution in [2.45, 2.75) is 20.8 Å². The van der Waals surface area contributed by atoms with Crippen molar-refractivity contribution in [2.24, 2.45) is 0 Å². The first-order valence-electron chi connectivity index (χ1n) is 8.77. The highest BCUT2D eigenvalue weighted by molar-refractivity contribution is 6.23. The maximum Gasteiger partial charge on any atom is 0.340 e. The van der Waals surface area contributed by atoms with E-state index in [1.165, 1.54) is 11.2 Å². The molecule has 6 nitrogen and oxygen atoms in total. The molecular formula is C21H21NO5. The fraction of sp³-hybridized carbons (Fsp3) is 0.238. The van der Waals surface area contributed by atoms with Crippen LogP contribution in [-0.2, 0) is 14.3 Å². The third-order valence-electron chi connectivity index (χ3n) is 4.12. The van der Waals surface area contributed by atoms with E-state index in [0.29, 0.717) is 29.5 Å². The van der Waals surface area contributed by atoms with E-state index in [4.69, 9.17) is 13.9 Å². The van der Waals surface area contributed by atoms with Crippen LogP contribution >= 0.6 is 0 Å². The maximum absolute atomic E-state index is 13.1. The van der Waals surface area contributed by atoms with Gasteiger partial charge in [-0.3, -0.25) is 9.69 Å². The first kappa shape index (κ1) is 18.5. The lowest BCUT2D eigenvalue weighted by Gasteiger charge is -2.18. The van der Waals surface area contributed by atoms with E-state index in [1.807, 2.05) is 6.92 Å². The monoisotopic (exact) mass is 367 g/mol. The van der Waals surface area contributed by atoms with Gasteiger partial charge in [0, 0.05) is 11.4 Å². The predicted molar refractivity (Wildman–Crippen MR) is 101 cm³/mol. The Kier molecular flexibility index (Phi) is 5.45. The molecule has 1 aliphatic heterocycles. The Labute approximate surface area is 157 Å². The van der Waals surface area contributed by atoms with Gasteiger partial charge in [0.2, 0.25) is 0 Å². The van der Waals surface area contributed by atoms with Crippen LogP contribution in [0.4, 0.5) is 5.69 Å². The van der Waals surface area contributed by atoms with Crippen LogP contribution < -0.4 is 9.64 Å². The topological polar surface area (TPSA) is 69.0 Å². The van der Waals surface area contributed by atoms with Gasteiger partial charge in [-0.1, -0.05) is 0 Å². The van der Waals surface area contributed by atoms with Crippen LogP contribution in [0.1, 0.15) is 26.5 Å². The minimum absolute atomic E-state index is 0.223. The molecule has 1 aromatic heterocycles. The summed E-state index contributed by atoms with van der Waals surface area (Å²) in [5.41, 5.74) is 1.65. The number of allylic oxidation sites excluding steroid dienone is 1. The summed E-state index contributed by atoms with van der Waals surface area (Å²) in [7, 11) is 0. The highest BCUT2D eigenvalue weighted by Crippen LogP contribution is 2.36. The summed E-state index contributed by atoms with van der Waals surface area (Å²) in [5.74, 6) is 0.360. The maximum atomic E-state index is 13.1. The smallest absolute Gasteiger partial charge is 0.340 e. The normalized spacial score (nSPS) is 15.6. The second kappa shape index (κ2) is 7.95. The first-order chi connectivity index (χ1) is 13.1. The van der Waals surface area contributed by atoms with Gasteiger partial charge >= 0.3 is 5.97 Å². The molecule has 0 N–H and O–H groups in total. The van der Waals surface area contributed by atoms with Crippen molar-refractivity contribution < 1.29 is 23.5 Å². The highest BCUT2D eigenvalue weighted by atomic mass is 16.5. The van der Waals surface area contributed by atoms with Crippen LogP contribution in [-0.4, -0.2) is 25.1 Å². The van der Waals surface area contributed by atoms with Crippen molar-refractivity contribution in [3.63, 3.8) is 0 Å². The van der Waals surface area contributed by atoms with E-state index in [9.17, 15) is 9.59 Å². The number of anilines is 1. The molecule has 140 valence electrons. The number of furan rings is 1. The number of benzene rings is 1. The minimum Gasteiger partial charge on any atom is -0.494 e. The predicted octanol–water partition coefficient (Wildman–Crippen LogP) is 3.95. The lowest BCUT2D eigenvalue weighted by molar-refractivity contribution is -0.138. The second-order valence-corrected chi connectivity index (χ2v) is 5.82. The number of rotatable bonds is 6. The van der Waals surface area contributed by atoms with E-state index >= 15 is 0 Å². The van der Waals surface area contributed by atoms with Crippen LogP contribution in [0.3, 0.4) is 0 Å². The number of nitrogens with zero attached hydrogens (tertiary/aromatic N) is 1. The van der Waals surface area contributed by atoms with Crippen LogP contribution in [0.25, 0.3) is 6.08 Å². The molecule has 1 aromatic carbocycles. The highest BCUT2D eigenvalue weighted by Gasteiger charge is 2.38. The summed E-state index contributed by atoms with van der Waals surface area (Å²) in [6, 6.07) is 10.6. The molecule has 1 aliphatic rings. The Hall–Kier alpha value is -3.28. The molecule has 3 rings (SSSR count). The summed E-state index contributed by atoms with van der Waals surface area (Å²) in [6.45, 7) is 6.14. The number of amides is 1. The van der Waals surface area contributed by atoms with Gasteiger partial charge in [-0.2, -0.15) is 0 Å². The van der Waals surface area contributed by atoms with E-state index in [1.54, 1.807) is 56.3 Å². The summed E-state index contributed by atoms with van der Waals surface area (Å²) < 4.78 is 15.9. The van der Waals surface area contributed by atoms with E-state index in [-0.39, 0.29) is 23.7 Å². The van der Waals surface area contributed by atoms with Crippen LogP contribution in [0.15, 0.2) is 63.9 Å². The van der Waals surface area contributed by atoms with Crippen LogP contribution in [0.2, 0.25) is 0 Å². The van der Waals surface area contributed by atoms with Crippen LogP contribution in [0, 0.1) is 0 Å². The zero-order valence-electron chi connectivity index (χ0n) is 15.5. The standard InChI is InChI=1S/C21H21NO5/c1-4-25-16-10-8-15(9-11-16)22-14(3)19(21(24)26-5-2)18(20(22)23)13-17-7-6-12-27-17/h6-13H,4-5H2,1-3H3. The molecule has 0 spiro atoms. The SMILES string of the molecule is CCOC(=O)C1=C(C)N(c2ccc(OCC)cc2)C(=O)C1=Cc1ccco1. The van der Waals surface area contributed by atoms with Gasteiger partial charge in [0.05, 0.1) is 30.6 Å². The summed E-state index contributed by atoms with van der Waals surface area (Å²) in [5, 5.41) is 0. The van der Waals surface area contributed by atoms with E-state index in [2.05, 4.69) is 0 Å². The van der Waals surface area contributed by atoms with Crippen molar-refractivity contribution in [1.82, 2.24) is 0 Å². The number of hydrogen-bond acceptors (Lipinski definition) is 5. The van der Waals surface area contributed by atoms with Crippen molar-refractivity contribution >= 4 is 23.6 Å². The molecule has 0 saturated carbocycles. The van der Waals surface area contributed by atoms with Gasteiger partial charge in [0.1, 0.15) is 11.5 Å². The molecule has 0 radical (unpaired) electrons. The fourth-order valence-corrected chi connectivity index (χ4v) is 2.97. The minimum atomic E-state index is -0.533. The Balaban J connectivity index is 2.04. The molecule has 2 heterocycles. The molecule has 1 amide bonds. The third kappa shape index (κ3) is 3.65. The molecule has 0 atom stereocenters. The molecule has 0 aliphatic carbocycles. The van der Waals surface area contributed by atoms with Crippen molar-refractivity contribution in [3.05, 3.63) is 65.3 Å². The number of esters is 1. The van der Waals surface area contributed by atoms with Gasteiger partial charge in [-0.25, -0.2) is 4.79 Å². The van der Waals surface area contributed by atoms with E-state index < -0.39 is 5.97 Å². The lowest BCUT2D eigenvalue weighted by Crippen LogP contribution is -2.24. The van der Waals surface area contributed by atoms with Crippen molar-refractivity contribution in [2.75, 3.05) is 18.1 Å². The quantitative estimate of drug-likeness (QED) is 0.571. The lowest BCUT2D eigenvalue weighted by atomic mass is 10.1. The average Bonchev–Trinajstić information content (AvgIpc) is 3.24. The Morgan fingerprint density at radius 3 is 2.48 bits per heavy atom. The Bertz CT molecular complexity index is 891. The van der Waals surface area contributed by atoms with Gasteiger partial charge < -0.3 is 13.9 Å². The van der Waals surface area contributed by atoms with Gasteiger partial charge in [-0.05, 0) is 63.2 Å². The fourth-order valence-electron chi connectivity index (χ4n) is 2.97. The van der Waals surface area contributed by atoms with E-state index in [0.717, 1.165) is 0 Å². The molecule has 6 heteroatoms. The summed E-state index contributed by atoms with van der Waals surface area (Å²) >= 11 is 0. The molecule has 0 unspecified atom stereocenters. The Morgan fingerprint density at radius 1 is 1.15 bits per heavy atom. The zero-order valence-corrected chi connectivity index (χ0v) is 15.5. The Morgan fingerprint density at radius 2 is 1.89 bits per heavy atom. The van der Waals surface area contributed by atoms with Crippen molar-refractivity contribution in [1.29, 1.82) is 0 Å². The van der Waals surface area contributed by atoms with Gasteiger partial charge in [0.25, 0.3) is 5.91 Å². The number of hydrogen-bond donors (Lipinski definition) is 0. The molecule has 27 heavy (non-hydrogen) atoms. The number of ether oxygens (including phenoxy) is 2. The first-order valence-corrected chi connectivity index (χ1v) is 8.77. The second-order valence-electron chi connectivity index (χ2n) is 5.82.